The van der Waals surface area contributed by atoms with Gasteiger partial charge in [-0.3, -0.25) is 9.59 Å². The zero-order valence-corrected chi connectivity index (χ0v) is 14.2. The summed E-state index contributed by atoms with van der Waals surface area (Å²) in [6, 6.07) is 7.72. The number of halogens is 1. The van der Waals surface area contributed by atoms with Gasteiger partial charge in [0.05, 0.1) is 11.8 Å². The number of hydrogen-bond acceptors (Lipinski definition) is 4. The number of carboxylic acids is 1. The highest BCUT2D eigenvalue weighted by Crippen LogP contribution is 2.34. The average molecular weight is 360 g/mol. The summed E-state index contributed by atoms with van der Waals surface area (Å²) in [5.74, 6) is -1.54. The molecule has 3 rings (SSSR count). The number of amides is 1. The molecule has 5 nitrogen and oxygen atoms in total. The zero-order valence-electron chi connectivity index (χ0n) is 13.4. The van der Waals surface area contributed by atoms with Gasteiger partial charge in [0.15, 0.2) is 0 Å². The number of carboxylic acid groups (broad SMARTS) is 1. The van der Waals surface area contributed by atoms with Crippen molar-refractivity contribution < 1.29 is 19.1 Å². The third-order valence-electron chi connectivity index (χ3n) is 4.04. The van der Waals surface area contributed by atoms with Crippen LogP contribution >= 0.6 is 11.3 Å². The normalized spacial score (nSPS) is 16.8. The molecule has 1 aliphatic heterocycles. The lowest BCUT2D eigenvalue weighted by atomic mass is 9.99. The van der Waals surface area contributed by atoms with Gasteiger partial charge in [0.25, 0.3) is 0 Å². The van der Waals surface area contributed by atoms with Crippen LogP contribution in [0.25, 0.3) is 0 Å². The van der Waals surface area contributed by atoms with E-state index in [2.05, 4.69) is 5.10 Å². The van der Waals surface area contributed by atoms with Crippen LogP contribution < -0.4 is 0 Å². The van der Waals surface area contributed by atoms with Crippen molar-refractivity contribution in [3.63, 3.8) is 0 Å². The van der Waals surface area contributed by atoms with Crippen molar-refractivity contribution >= 4 is 28.9 Å². The van der Waals surface area contributed by atoms with Crippen LogP contribution in [-0.2, 0) is 9.59 Å². The molecule has 0 saturated heterocycles. The molecule has 1 unspecified atom stereocenters. The number of thiophene rings is 1. The molecule has 0 radical (unpaired) electrons. The van der Waals surface area contributed by atoms with Crippen LogP contribution in [0.1, 0.15) is 42.9 Å². The molecule has 1 N–H and O–H groups in total. The Kier molecular flexibility index (Phi) is 5.23. The fourth-order valence-corrected chi connectivity index (χ4v) is 3.49. The summed E-state index contributed by atoms with van der Waals surface area (Å²) in [7, 11) is 0. The van der Waals surface area contributed by atoms with Crippen molar-refractivity contribution in [2.24, 2.45) is 5.10 Å². The van der Waals surface area contributed by atoms with Gasteiger partial charge in [0.1, 0.15) is 5.82 Å². The molecule has 2 heterocycles. The molecule has 2 aromatic rings. The first kappa shape index (κ1) is 17.3. The van der Waals surface area contributed by atoms with Gasteiger partial charge in [-0.2, -0.15) is 16.4 Å². The summed E-state index contributed by atoms with van der Waals surface area (Å²) in [6.07, 6.45) is 0.790. The van der Waals surface area contributed by atoms with E-state index in [1.807, 2.05) is 16.8 Å². The van der Waals surface area contributed by atoms with Gasteiger partial charge in [0, 0.05) is 24.8 Å². The third kappa shape index (κ3) is 4.11. The fraction of sp³-hybridized carbons (Fsp3) is 0.278. The lowest BCUT2D eigenvalue weighted by Gasteiger charge is -2.22. The van der Waals surface area contributed by atoms with Crippen molar-refractivity contribution in [2.45, 2.75) is 31.7 Å². The van der Waals surface area contributed by atoms with E-state index < -0.39 is 5.97 Å². The first-order chi connectivity index (χ1) is 12.0. The minimum atomic E-state index is -0.932. The van der Waals surface area contributed by atoms with Gasteiger partial charge in [-0.15, -0.1) is 0 Å². The summed E-state index contributed by atoms with van der Waals surface area (Å²) < 4.78 is 13.6. The summed E-state index contributed by atoms with van der Waals surface area (Å²) >= 11 is 1.54. The first-order valence-electron chi connectivity index (χ1n) is 7.94. The Morgan fingerprint density at radius 3 is 2.84 bits per heavy atom. The van der Waals surface area contributed by atoms with E-state index in [0.717, 1.165) is 11.3 Å². The second-order valence-corrected chi connectivity index (χ2v) is 6.60. The topological polar surface area (TPSA) is 70.0 Å². The predicted octanol–water partition coefficient (Wildman–Crippen LogP) is 3.82. The number of benzene rings is 1. The third-order valence-corrected chi connectivity index (χ3v) is 4.72. The van der Waals surface area contributed by atoms with E-state index in [4.69, 9.17) is 5.11 Å². The second kappa shape index (κ2) is 7.57. The molecule has 0 saturated carbocycles. The van der Waals surface area contributed by atoms with Crippen LogP contribution in [0, 0.1) is 5.82 Å². The highest BCUT2D eigenvalue weighted by atomic mass is 32.1. The van der Waals surface area contributed by atoms with E-state index in [0.29, 0.717) is 12.0 Å². The number of rotatable bonds is 6. The molecule has 0 aliphatic carbocycles. The molecule has 0 spiro atoms. The number of nitrogens with zero attached hydrogens (tertiary/aromatic N) is 2. The molecule has 1 aromatic carbocycles. The second-order valence-electron chi connectivity index (χ2n) is 5.82. The first-order valence-corrected chi connectivity index (χ1v) is 8.88. The summed E-state index contributed by atoms with van der Waals surface area (Å²) in [6.45, 7) is 0. The van der Waals surface area contributed by atoms with E-state index in [1.54, 1.807) is 23.5 Å². The van der Waals surface area contributed by atoms with Crippen molar-refractivity contribution in [1.82, 2.24) is 5.01 Å². The van der Waals surface area contributed by atoms with Crippen LogP contribution in [0.15, 0.2) is 46.2 Å². The van der Waals surface area contributed by atoms with E-state index in [-0.39, 0.29) is 37.0 Å². The standard InChI is InChI=1S/C18H17FN2O3S/c19-14-4-1-3-12(9-14)16-10-15(13-7-8-25-11-13)20-21(16)17(22)5-2-6-18(23)24/h1,3-4,7-9,11,16H,2,5-6,10H2,(H,23,24). The summed E-state index contributed by atoms with van der Waals surface area (Å²) in [5, 5.41) is 18.5. The molecular formula is C18H17FN2O3S. The molecule has 0 fully saturated rings. The molecule has 25 heavy (non-hydrogen) atoms. The fourth-order valence-electron chi connectivity index (χ4n) is 2.82. The van der Waals surface area contributed by atoms with Gasteiger partial charge < -0.3 is 5.11 Å². The van der Waals surface area contributed by atoms with Crippen molar-refractivity contribution in [3.05, 3.63) is 58.0 Å². The molecule has 1 atom stereocenters. The molecule has 130 valence electrons. The van der Waals surface area contributed by atoms with Gasteiger partial charge in [-0.05, 0) is 40.9 Å². The highest BCUT2D eigenvalue weighted by Gasteiger charge is 2.33. The molecular weight excluding hydrogens is 343 g/mol. The lowest BCUT2D eigenvalue weighted by Crippen LogP contribution is -2.27. The zero-order chi connectivity index (χ0) is 17.8. The molecule has 1 aliphatic rings. The maximum atomic E-state index is 13.6. The highest BCUT2D eigenvalue weighted by molar-refractivity contribution is 7.08. The van der Waals surface area contributed by atoms with Crippen molar-refractivity contribution in [1.29, 1.82) is 0 Å². The number of aliphatic carboxylic acids is 1. The Bertz CT molecular complexity index is 804. The van der Waals surface area contributed by atoms with Crippen LogP contribution in [0.4, 0.5) is 4.39 Å². The van der Waals surface area contributed by atoms with E-state index in [9.17, 15) is 14.0 Å². The minimum absolute atomic E-state index is 0.0642. The lowest BCUT2D eigenvalue weighted by molar-refractivity contribution is -0.137. The van der Waals surface area contributed by atoms with Crippen LogP contribution in [0.5, 0.6) is 0 Å². The smallest absolute Gasteiger partial charge is 0.303 e. The number of carbonyl (C=O) groups excluding carboxylic acids is 1. The Morgan fingerprint density at radius 2 is 2.16 bits per heavy atom. The Labute approximate surface area is 148 Å². The van der Waals surface area contributed by atoms with E-state index >= 15 is 0 Å². The van der Waals surface area contributed by atoms with Crippen LogP contribution in [0.2, 0.25) is 0 Å². The Hall–Kier alpha value is -2.54. The van der Waals surface area contributed by atoms with Crippen LogP contribution in [-0.4, -0.2) is 27.7 Å². The van der Waals surface area contributed by atoms with E-state index in [1.165, 1.54) is 17.1 Å². The maximum Gasteiger partial charge on any atom is 0.303 e. The van der Waals surface area contributed by atoms with Crippen molar-refractivity contribution in [2.75, 3.05) is 0 Å². The number of carbonyl (C=O) groups is 2. The molecule has 1 amide bonds. The average Bonchev–Trinajstić information content (AvgIpc) is 3.24. The molecule has 7 heteroatoms. The minimum Gasteiger partial charge on any atom is -0.481 e. The number of hydrogen-bond donors (Lipinski definition) is 1. The van der Waals surface area contributed by atoms with Gasteiger partial charge in [-0.25, -0.2) is 9.40 Å². The quantitative estimate of drug-likeness (QED) is 0.851. The monoisotopic (exact) mass is 360 g/mol. The summed E-state index contributed by atoms with van der Waals surface area (Å²) in [4.78, 5) is 23.2. The largest absolute Gasteiger partial charge is 0.481 e. The van der Waals surface area contributed by atoms with Gasteiger partial charge in [0.2, 0.25) is 5.91 Å². The maximum absolute atomic E-state index is 13.6. The Morgan fingerprint density at radius 1 is 1.32 bits per heavy atom. The SMILES string of the molecule is O=C(O)CCCC(=O)N1N=C(c2ccsc2)CC1c1cccc(F)c1. The molecule has 1 aromatic heterocycles. The summed E-state index contributed by atoms with van der Waals surface area (Å²) in [5.41, 5.74) is 2.41. The van der Waals surface area contributed by atoms with Crippen molar-refractivity contribution in [3.8, 4) is 0 Å². The van der Waals surface area contributed by atoms with Crippen LogP contribution in [0.3, 0.4) is 0 Å². The van der Waals surface area contributed by atoms with Gasteiger partial charge >= 0.3 is 5.97 Å². The Balaban J connectivity index is 1.83. The van der Waals surface area contributed by atoms with Gasteiger partial charge in [-0.1, -0.05) is 12.1 Å². The molecule has 0 bridgehead atoms. The predicted molar refractivity (Wildman–Crippen MR) is 92.9 cm³/mol. The number of hydrazone groups is 1.